The molecular formula is C27H29ClN2O4. The third kappa shape index (κ3) is 4.95. The first-order valence-corrected chi connectivity index (χ1v) is 11.7. The van der Waals surface area contributed by atoms with Crippen LogP contribution in [0.2, 0.25) is 5.02 Å². The fraction of sp³-hybridized carbons (Fsp3) is 0.296. The van der Waals surface area contributed by atoms with E-state index >= 15 is 0 Å². The van der Waals surface area contributed by atoms with Gasteiger partial charge in [-0.1, -0.05) is 84.4 Å². The molecule has 34 heavy (non-hydrogen) atoms. The Morgan fingerprint density at radius 3 is 2.12 bits per heavy atom. The summed E-state index contributed by atoms with van der Waals surface area (Å²) in [6.45, 7) is 1.54. The second-order valence-electron chi connectivity index (χ2n) is 8.85. The smallest absolute Gasteiger partial charge is 0.320 e. The molecule has 1 aliphatic heterocycles. The fourth-order valence-electron chi connectivity index (χ4n) is 4.89. The number of likely N-dealkylation sites (tertiary alicyclic amines) is 1. The van der Waals surface area contributed by atoms with Gasteiger partial charge in [0.25, 0.3) is 0 Å². The van der Waals surface area contributed by atoms with Gasteiger partial charge in [0, 0.05) is 10.9 Å². The minimum atomic E-state index is -1.79. The van der Waals surface area contributed by atoms with Gasteiger partial charge >= 0.3 is 6.03 Å². The lowest BCUT2D eigenvalue weighted by molar-refractivity contribution is -0.280. The highest BCUT2D eigenvalue weighted by Gasteiger charge is 2.61. The standard InChI is InChI=1S/C27H29ClN2O4/c1-27(34)22(16-15-18-9-8-14-21(28)17-18)24(25(31)32)30(27)26(33)29-23(19-10-4-2-5-11-19)20-12-6-3-7-13-20/h2-14,17,22-25,31-32,34H,15-16H2,1H3,(H,29,33)/t22-,24+,27-/m1/s1. The summed E-state index contributed by atoms with van der Waals surface area (Å²) in [6.07, 6.45) is -0.751. The van der Waals surface area contributed by atoms with Crippen LogP contribution in [-0.4, -0.2) is 44.3 Å². The van der Waals surface area contributed by atoms with Crippen LogP contribution in [0.4, 0.5) is 4.79 Å². The van der Waals surface area contributed by atoms with Gasteiger partial charge in [0.05, 0.1) is 12.1 Å². The predicted molar refractivity (Wildman–Crippen MR) is 131 cm³/mol. The normalized spacial score (nSPS) is 22.0. The molecule has 0 radical (unpaired) electrons. The molecule has 1 fully saturated rings. The molecule has 0 aromatic heterocycles. The highest BCUT2D eigenvalue weighted by Crippen LogP contribution is 2.44. The van der Waals surface area contributed by atoms with Crippen LogP contribution in [0.3, 0.4) is 0 Å². The van der Waals surface area contributed by atoms with Gasteiger partial charge in [-0.25, -0.2) is 4.79 Å². The first kappa shape index (κ1) is 24.2. The third-order valence-electron chi connectivity index (χ3n) is 6.59. The molecule has 2 amide bonds. The van der Waals surface area contributed by atoms with Crippen LogP contribution >= 0.6 is 11.6 Å². The number of carbonyl (C=O) groups is 1. The lowest BCUT2D eigenvalue weighted by atomic mass is 9.73. The molecule has 0 saturated carbocycles. The summed E-state index contributed by atoms with van der Waals surface area (Å²) in [6, 6.07) is 24.5. The van der Waals surface area contributed by atoms with E-state index in [1.807, 2.05) is 78.9 Å². The average Bonchev–Trinajstić information content (AvgIpc) is 2.82. The number of rotatable bonds is 7. The van der Waals surface area contributed by atoms with E-state index < -0.39 is 36.0 Å². The monoisotopic (exact) mass is 480 g/mol. The molecule has 178 valence electrons. The van der Waals surface area contributed by atoms with Gasteiger partial charge in [0.1, 0.15) is 5.72 Å². The maximum absolute atomic E-state index is 13.4. The number of hydrogen-bond acceptors (Lipinski definition) is 4. The van der Waals surface area contributed by atoms with E-state index in [0.717, 1.165) is 21.6 Å². The van der Waals surface area contributed by atoms with Crippen LogP contribution in [0.15, 0.2) is 84.9 Å². The highest BCUT2D eigenvalue weighted by molar-refractivity contribution is 6.30. The summed E-state index contributed by atoms with van der Waals surface area (Å²) in [7, 11) is 0. The molecule has 1 aliphatic rings. The van der Waals surface area contributed by atoms with E-state index in [1.165, 1.54) is 6.92 Å². The largest absolute Gasteiger partial charge is 0.371 e. The van der Waals surface area contributed by atoms with Crippen LogP contribution in [0, 0.1) is 5.92 Å². The van der Waals surface area contributed by atoms with Gasteiger partial charge in [-0.15, -0.1) is 0 Å². The van der Waals surface area contributed by atoms with Gasteiger partial charge in [0.2, 0.25) is 0 Å². The number of aliphatic hydroxyl groups is 3. The Kier molecular flexibility index (Phi) is 7.24. The van der Waals surface area contributed by atoms with Crippen LogP contribution in [-0.2, 0) is 6.42 Å². The van der Waals surface area contributed by atoms with Crippen molar-refractivity contribution in [3.05, 3.63) is 107 Å². The van der Waals surface area contributed by atoms with E-state index in [0.29, 0.717) is 17.9 Å². The average molecular weight is 481 g/mol. The van der Waals surface area contributed by atoms with Crippen molar-refractivity contribution >= 4 is 17.6 Å². The number of nitrogens with one attached hydrogen (secondary N) is 1. The molecule has 3 aromatic rings. The zero-order valence-corrected chi connectivity index (χ0v) is 19.6. The summed E-state index contributed by atoms with van der Waals surface area (Å²) >= 11 is 6.07. The number of aryl methyl sites for hydroxylation is 1. The molecule has 3 aromatic carbocycles. The molecule has 0 spiro atoms. The number of benzene rings is 3. The van der Waals surface area contributed by atoms with E-state index in [9.17, 15) is 20.1 Å². The van der Waals surface area contributed by atoms with Crippen LogP contribution < -0.4 is 5.32 Å². The number of amides is 2. The lowest BCUT2D eigenvalue weighted by Gasteiger charge is -2.60. The van der Waals surface area contributed by atoms with Crippen LogP contribution in [0.1, 0.15) is 36.1 Å². The Bertz CT molecular complexity index is 1070. The molecule has 0 bridgehead atoms. The minimum Gasteiger partial charge on any atom is -0.371 e. The predicted octanol–water partition coefficient (Wildman–Crippen LogP) is 4.09. The van der Waals surface area contributed by atoms with Crippen molar-refractivity contribution in [2.45, 2.75) is 43.9 Å². The maximum atomic E-state index is 13.4. The number of nitrogens with zero attached hydrogens (tertiary/aromatic N) is 1. The van der Waals surface area contributed by atoms with E-state index in [4.69, 9.17) is 11.6 Å². The molecule has 6 nitrogen and oxygen atoms in total. The zero-order valence-electron chi connectivity index (χ0n) is 18.9. The summed E-state index contributed by atoms with van der Waals surface area (Å²) in [4.78, 5) is 14.5. The van der Waals surface area contributed by atoms with Crippen molar-refractivity contribution in [2.75, 3.05) is 0 Å². The minimum absolute atomic E-state index is 0.459. The summed E-state index contributed by atoms with van der Waals surface area (Å²) in [5.41, 5.74) is 1.18. The summed E-state index contributed by atoms with van der Waals surface area (Å²) < 4.78 is 0. The SMILES string of the molecule is C[C@@]1(O)[C@H](CCc2cccc(Cl)c2)[C@@H](C(O)O)N1C(=O)NC(c1ccccc1)c1ccccc1. The van der Waals surface area contributed by atoms with Gasteiger partial charge in [-0.2, -0.15) is 0 Å². The first-order chi connectivity index (χ1) is 16.3. The molecule has 0 unspecified atom stereocenters. The van der Waals surface area contributed by atoms with Crippen molar-refractivity contribution < 1.29 is 20.1 Å². The molecular weight excluding hydrogens is 452 g/mol. The molecule has 4 N–H and O–H groups in total. The Labute approximate surface area is 204 Å². The second-order valence-corrected chi connectivity index (χ2v) is 9.28. The van der Waals surface area contributed by atoms with Crippen molar-refractivity contribution in [3.63, 3.8) is 0 Å². The van der Waals surface area contributed by atoms with Crippen molar-refractivity contribution in [2.24, 2.45) is 5.92 Å². The van der Waals surface area contributed by atoms with Crippen molar-refractivity contribution in [1.29, 1.82) is 0 Å². The molecule has 4 rings (SSSR count). The molecule has 7 heteroatoms. The Hall–Kier alpha value is -2.90. The van der Waals surface area contributed by atoms with Gasteiger partial charge in [0.15, 0.2) is 6.29 Å². The van der Waals surface area contributed by atoms with E-state index in [1.54, 1.807) is 6.07 Å². The number of hydrogen-bond donors (Lipinski definition) is 4. The van der Waals surface area contributed by atoms with Gasteiger partial charge in [-0.3, -0.25) is 4.90 Å². The number of halogens is 1. The summed E-state index contributed by atoms with van der Waals surface area (Å²) in [5, 5.41) is 35.0. The number of carbonyl (C=O) groups excluding carboxylic acids is 1. The van der Waals surface area contributed by atoms with Gasteiger partial charge in [-0.05, 0) is 48.6 Å². The molecule has 3 atom stereocenters. The molecule has 1 heterocycles. The topological polar surface area (TPSA) is 93.0 Å². The zero-order chi connectivity index (χ0) is 24.3. The van der Waals surface area contributed by atoms with Crippen LogP contribution in [0.5, 0.6) is 0 Å². The third-order valence-corrected chi connectivity index (χ3v) is 6.83. The Morgan fingerprint density at radius 1 is 1.00 bits per heavy atom. The number of urea groups is 1. The number of aliphatic hydroxyl groups excluding tert-OH is 1. The fourth-order valence-corrected chi connectivity index (χ4v) is 5.10. The Morgan fingerprint density at radius 2 is 1.59 bits per heavy atom. The molecule has 0 aliphatic carbocycles. The quantitative estimate of drug-likeness (QED) is 0.383. The van der Waals surface area contributed by atoms with E-state index in [2.05, 4.69) is 5.32 Å². The van der Waals surface area contributed by atoms with Crippen molar-refractivity contribution in [1.82, 2.24) is 10.2 Å². The van der Waals surface area contributed by atoms with Crippen LogP contribution in [0.25, 0.3) is 0 Å². The second kappa shape index (κ2) is 10.2. The highest BCUT2D eigenvalue weighted by atomic mass is 35.5. The lowest BCUT2D eigenvalue weighted by Crippen LogP contribution is -2.77. The first-order valence-electron chi connectivity index (χ1n) is 11.3. The molecule has 1 saturated heterocycles. The van der Waals surface area contributed by atoms with Crippen molar-refractivity contribution in [3.8, 4) is 0 Å². The Balaban J connectivity index is 1.54. The summed E-state index contributed by atoms with van der Waals surface area (Å²) in [5.74, 6) is -0.524. The van der Waals surface area contributed by atoms with Gasteiger partial charge < -0.3 is 20.6 Å². The maximum Gasteiger partial charge on any atom is 0.320 e. The van der Waals surface area contributed by atoms with E-state index in [-0.39, 0.29) is 0 Å².